The van der Waals surface area contributed by atoms with Crippen molar-refractivity contribution in [2.24, 2.45) is 0 Å². The molecule has 0 aliphatic carbocycles. The van der Waals surface area contributed by atoms with E-state index in [0.29, 0.717) is 19.8 Å². The summed E-state index contributed by atoms with van der Waals surface area (Å²) in [4.78, 5) is 23.9. The minimum Gasteiger partial charge on any atom is -0.371 e. The summed E-state index contributed by atoms with van der Waals surface area (Å²) in [6.07, 6.45) is 1.84. The van der Waals surface area contributed by atoms with Gasteiger partial charge in [-0.25, -0.2) is 4.98 Å². The van der Waals surface area contributed by atoms with Crippen LogP contribution in [-0.4, -0.2) is 59.6 Å². The number of carbonyl (C=O) groups excluding carboxylic acids is 1. The molecule has 1 N–H and O–H groups in total. The molecule has 1 amide bonds. The molecule has 0 radical (unpaired) electrons. The molecule has 198 valence electrons. The Labute approximate surface area is 225 Å². The highest BCUT2D eigenvalue weighted by molar-refractivity contribution is 7.97. The van der Waals surface area contributed by atoms with Gasteiger partial charge in [-0.3, -0.25) is 14.5 Å². The van der Waals surface area contributed by atoms with Crippen LogP contribution >= 0.6 is 11.9 Å². The monoisotopic (exact) mass is 522 g/mol. The zero-order valence-electron chi connectivity index (χ0n) is 22.4. The molecule has 3 rings (SSSR count). The highest BCUT2D eigenvalue weighted by atomic mass is 32.2. The molecule has 0 spiro atoms. The fourth-order valence-corrected chi connectivity index (χ4v) is 4.16. The average Bonchev–Trinajstić information content (AvgIpc) is 2.90. The van der Waals surface area contributed by atoms with Crippen LogP contribution in [0.25, 0.3) is 22.5 Å². The Kier molecular flexibility index (Phi) is 10.9. The largest absolute Gasteiger partial charge is 0.371 e. The van der Waals surface area contributed by atoms with E-state index < -0.39 is 5.60 Å². The number of aromatic nitrogens is 2. The molecular weight excluding hydrogens is 484 g/mol. The Hall–Kier alpha value is -2.94. The van der Waals surface area contributed by atoms with E-state index in [-0.39, 0.29) is 18.6 Å². The second-order valence-corrected chi connectivity index (χ2v) is 10.6. The number of rotatable bonds is 14. The van der Waals surface area contributed by atoms with E-state index in [2.05, 4.69) is 47.7 Å². The second kappa shape index (κ2) is 14.1. The van der Waals surface area contributed by atoms with Crippen LogP contribution in [0.4, 0.5) is 5.82 Å². The van der Waals surface area contributed by atoms with Gasteiger partial charge in [0.1, 0.15) is 12.4 Å². The third kappa shape index (κ3) is 8.84. The van der Waals surface area contributed by atoms with Crippen LogP contribution in [0.1, 0.15) is 34.6 Å². The maximum absolute atomic E-state index is 11.8. The molecular formula is C29H38N4O3S. The van der Waals surface area contributed by atoms with E-state index in [1.807, 2.05) is 63.4 Å². The van der Waals surface area contributed by atoms with Crippen molar-refractivity contribution in [2.45, 2.75) is 46.3 Å². The van der Waals surface area contributed by atoms with Crippen LogP contribution < -0.4 is 9.62 Å². The predicted molar refractivity (Wildman–Crippen MR) is 153 cm³/mol. The molecule has 0 fully saturated rings. The van der Waals surface area contributed by atoms with Crippen molar-refractivity contribution >= 4 is 23.7 Å². The van der Waals surface area contributed by atoms with Crippen LogP contribution in [0.5, 0.6) is 0 Å². The molecule has 3 aromatic rings. The molecule has 7 nitrogen and oxygen atoms in total. The zero-order chi connectivity index (χ0) is 26.7. The van der Waals surface area contributed by atoms with Gasteiger partial charge in [0.05, 0.1) is 36.4 Å². The van der Waals surface area contributed by atoms with Crippen LogP contribution in [0, 0.1) is 0 Å². The van der Waals surface area contributed by atoms with Crippen molar-refractivity contribution in [1.82, 2.24) is 14.7 Å². The summed E-state index contributed by atoms with van der Waals surface area (Å²) in [6.45, 7) is 11.6. The van der Waals surface area contributed by atoms with Gasteiger partial charge in [0.25, 0.3) is 5.91 Å². The molecule has 0 aliphatic rings. The van der Waals surface area contributed by atoms with Crippen molar-refractivity contribution in [2.75, 3.05) is 37.0 Å². The number of nitrogens with one attached hydrogen (secondary N) is 1. The molecule has 0 aliphatic heterocycles. The summed E-state index contributed by atoms with van der Waals surface area (Å²) in [5.74, 6) is 1.48. The lowest BCUT2D eigenvalue weighted by Crippen LogP contribution is -2.39. The normalized spacial score (nSPS) is 11.5. The topological polar surface area (TPSA) is 76.6 Å². The molecule has 8 heteroatoms. The number of carbonyl (C=O) groups is 1. The number of nitrogens with zero attached hydrogens (tertiary/aromatic N) is 3. The molecule has 0 saturated heterocycles. The van der Waals surface area contributed by atoms with Crippen molar-refractivity contribution in [1.29, 1.82) is 0 Å². The van der Waals surface area contributed by atoms with Crippen LogP contribution in [0.2, 0.25) is 0 Å². The summed E-state index contributed by atoms with van der Waals surface area (Å²) in [5, 5.41) is 0. The first kappa shape index (κ1) is 28.6. The summed E-state index contributed by atoms with van der Waals surface area (Å²) >= 11 is 1.36. The molecule has 1 heterocycles. The molecule has 1 aromatic heterocycles. The number of ether oxygens (including phenoxy) is 2. The predicted octanol–water partition coefficient (Wildman–Crippen LogP) is 5.62. The maximum atomic E-state index is 11.8. The van der Waals surface area contributed by atoms with Gasteiger partial charge >= 0.3 is 0 Å². The molecule has 0 saturated carbocycles. The maximum Gasteiger partial charge on any atom is 0.255 e. The van der Waals surface area contributed by atoms with E-state index in [9.17, 15) is 4.79 Å². The van der Waals surface area contributed by atoms with Crippen molar-refractivity contribution in [3.05, 3.63) is 66.9 Å². The molecule has 2 aromatic carbocycles. The Balaban J connectivity index is 1.70. The van der Waals surface area contributed by atoms with Crippen molar-refractivity contribution < 1.29 is 14.3 Å². The van der Waals surface area contributed by atoms with Crippen molar-refractivity contribution in [3.8, 4) is 22.5 Å². The zero-order valence-corrected chi connectivity index (χ0v) is 23.3. The van der Waals surface area contributed by atoms with Gasteiger partial charge < -0.3 is 14.4 Å². The van der Waals surface area contributed by atoms with Crippen molar-refractivity contribution in [3.63, 3.8) is 0 Å². The first-order valence-electron chi connectivity index (χ1n) is 12.7. The fourth-order valence-electron chi connectivity index (χ4n) is 3.79. The van der Waals surface area contributed by atoms with E-state index >= 15 is 0 Å². The summed E-state index contributed by atoms with van der Waals surface area (Å²) in [6, 6.07) is 20.5. The first-order chi connectivity index (χ1) is 17.8. The van der Waals surface area contributed by atoms with Crippen LogP contribution in [0.15, 0.2) is 66.9 Å². The lowest BCUT2D eigenvalue weighted by atomic mass is 10.0. The summed E-state index contributed by atoms with van der Waals surface area (Å²) in [5.41, 5.74) is 3.23. The minimum absolute atomic E-state index is 0.0174. The number of hydrogen-bond acceptors (Lipinski definition) is 7. The van der Waals surface area contributed by atoms with Gasteiger partial charge in [-0.05, 0) is 27.7 Å². The Bertz CT molecular complexity index is 1110. The third-order valence-electron chi connectivity index (χ3n) is 5.61. The fraction of sp³-hybridized carbons (Fsp3) is 0.414. The van der Waals surface area contributed by atoms with E-state index in [0.717, 1.165) is 34.1 Å². The first-order valence-corrected chi connectivity index (χ1v) is 13.7. The van der Waals surface area contributed by atoms with Gasteiger partial charge in [0.15, 0.2) is 0 Å². The highest BCUT2D eigenvalue weighted by Gasteiger charge is 2.22. The SMILES string of the molecule is CCSNC(=O)COCC(C)(C)OCCN(c1cnc(-c2ccccc2)c(-c2ccccc2)n1)C(C)C. The van der Waals surface area contributed by atoms with E-state index in [1.54, 1.807) is 0 Å². The van der Waals surface area contributed by atoms with E-state index in [1.165, 1.54) is 11.9 Å². The Morgan fingerprint density at radius 3 is 2.24 bits per heavy atom. The van der Waals surface area contributed by atoms with Gasteiger partial charge in [-0.2, -0.15) is 0 Å². The molecule has 0 bridgehead atoms. The quantitative estimate of drug-likeness (QED) is 0.275. The van der Waals surface area contributed by atoms with Crippen LogP contribution in [0.3, 0.4) is 0 Å². The van der Waals surface area contributed by atoms with E-state index in [4.69, 9.17) is 19.4 Å². The summed E-state index contributed by atoms with van der Waals surface area (Å²) < 4.78 is 14.5. The van der Waals surface area contributed by atoms with Gasteiger partial charge in [0, 0.05) is 29.5 Å². The smallest absolute Gasteiger partial charge is 0.255 e. The lowest BCUT2D eigenvalue weighted by Gasteiger charge is -2.31. The summed E-state index contributed by atoms with van der Waals surface area (Å²) in [7, 11) is 0. The van der Waals surface area contributed by atoms with Gasteiger partial charge in [0.2, 0.25) is 0 Å². The van der Waals surface area contributed by atoms with Gasteiger partial charge in [-0.15, -0.1) is 0 Å². The Morgan fingerprint density at radius 2 is 1.65 bits per heavy atom. The number of anilines is 1. The number of benzene rings is 2. The minimum atomic E-state index is -0.529. The van der Waals surface area contributed by atoms with Crippen LogP contribution in [-0.2, 0) is 14.3 Å². The number of hydrogen-bond donors (Lipinski definition) is 1. The third-order valence-corrected chi connectivity index (χ3v) is 6.27. The second-order valence-electron chi connectivity index (χ2n) is 9.50. The molecule has 0 unspecified atom stereocenters. The molecule has 37 heavy (non-hydrogen) atoms. The Morgan fingerprint density at radius 1 is 1.03 bits per heavy atom. The van der Waals surface area contributed by atoms with Gasteiger partial charge in [-0.1, -0.05) is 79.5 Å². The highest BCUT2D eigenvalue weighted by Crippen LogP contribution is 2.30. The number of amides is 1. The standard InChI is InChI=1S/C29H38N4O3S/c1-6-37-32-26(34)20-35-21-29(4,5)36-18-17-33(22(2)3)25-19-30-27(23-13-9-7-10-14-23)28(31-25)24-15-11-8-12-16-24/h7-16,19,22H,6,17-18,20-21H2,1-5H3,(H,32,34). The lowest BCUT2D eigenvalue weighted by molar-refractivity contribution is -0.128. The average molecular weight is 523 g/mol. The molecule has 0 atom stereocenters.